The summed E-state index contributed by atoms with van der Waals surface area (Å²) < 4.78 is 0. The molecule has 104 valence electrons. The molecule has 1 unspecified atom stereocenters. The Kier molecular flexibility index (Phi) is 4.34. The number of carboxylic acid groups (broad SMARTS) is 1. The number of aromatic nitrogens is 1. The van der Waals surface area contributed by atoms with Gasteiger partial charge < -0.3 is 10.2 Å². The number of piperidine rings is 1. The van der Waals surface area contributed by atoms with Crippen LogP contribution in [0.2, 0.25) is 0 Å². The van der Waals surface area contributed by atoms with E-state index in [1.807, 2.05) is 6.07 Å². The van der Waals surface area contributed by atoms with Crippen molar-refractivity contribution in [2.45, 2.75) is 31.9 Å². The van der Waals surface area contributed by atoms with Crippen LogP contribution < -0.4 is 5.32 Å². The van der Waals surface area contributed by atoms with Gasteiger partial charge in [-0.25, -0.2) is 9.78 Å². The van der Waals surface area contributed by atoms with Crippen LogP contribution >= 0.6 is 0 Å². The Balaban J connectivity index is 2.02. The third-order valence-corrected chi connectivity index (χ3v) is 3.48. The maximum absolute atomic E-state index is 10.5. The normalized spacial score (nSPS) is 21.9. The first-order valence-corrected chi connectivity index (χ1v) is 6.44. The van der Waals surface area contributed by atoms with Gasteiger partial charge in [-0.2, -0.15) is 0 Å². The average molecular weight is 265 g/mol. The van der Waals surface area contributed by atoms with E-state index in [1.165, 1.54) is 0 Å². The van der Waals surface area contributed by atoms with Gasteiger partial charge in [0.05, 0.1) is 6.10 Å². The maximum Gasteiger partial charge on any atom is 0.410 e. The van der Waals surface area contributed by atoms with E-state index >= 15 is 0 Å². The molecule has 0 aromatic carbocycles. The van der Waals surface area contributed by atoms with E-state index < -0.39 is 6.09 Å². The predicted molar refractivity (Wildman–Crippen MR) is 71.1 cm³/mol. The summed E-state index contributed by atoms with van der Waals surface area (Å²) >= 11 is 0. The van der Waals surface area contributed by atoms with E-state index in [4.69, 9.17) is 5.11 Å². The molecule has 1 fully saturated rings. The van der Waals surface area contributed by atoms with Crippen molar-refractivity contribution in [1.29, 1.82) is 0 Å². The molecule has 1 amide bonds. The molecule has 0 saturated carbocycles. The minimum Gasteiger partial charge on any atom is -0.465 e. The monoisotopic (exact) mass is 265 g/mol. The standard InChI is InChI=1S/C13H19N3O3/c1-9(16-6-2-3-11(17)8-16)10-4-5-12(14-7-10)15-13(18)19/h4-5,7,9,11,17H,2-3,6,8H2,1H3,(H,14,15)(H,18,19)/t9?,11-/m0/s1. The fraction of sp³-hybridized carbons (Fsp3) is 0.538. The highest BCUT2D eigenvalue weighted by Crippen LogP contribution is 2.24. The van der Waals surface area contributed by atoms with E-state index in [9.17, 15) is 9.90 Å². The highest BCUT2D eigenvalue weighted by Gasteiger charge is 2.23. The lowest BCUT2D eigenvalue weighted by atomic mass is 10.0. The fourth-order valence-corrected chi connectivity index (χ4v) is 2.38. The predicted octanol–water partition coefficient (Wildman–Crippen LogP) is 1.69. The molecule has 19 heavy (non-hydrogen) atoms. The summed E-state index contributed by atoms with van der Waals surface area (Å²) in [6.45, 7) is 3.71. The van der Waals surface area contributed by atoms with Crippen LogP contribution in [-0.2, 0) is 0 Å². The largest absolute Gasteiger partial charge is 0.465 e. The van der Waals surface area contributed by atoms with Gasteiger partial charge in [-0.1, -0.05) is 6.07 Å². The number of amides is 1. The van der Waals surface area contributed by atoms with Crippen molar-refractivity contribution in [3.8, 4) is 0 Å². The lowest BCUT2D eigenvalue weighted by Gasteiger charge is -2.34. The van der Waals surface area contributed by atoms with Gasteiger partial charge in [0.15, 0.2) is 0 Å². The second-order valence-corrected chi connectivity index (χ2v) is 4.87. The number of carbonyl (C=O) groups is 1. The number of hydrogen-bond donors (Lipinski definition) is 3. The number of likely N-dealkylation sites (tertiary alicyclic amines) is 1. The van der Waals surface area contributed by atoms with Gasteiger partial charge in [-0.3, -0.25) is 10.2 Å². The SMILES string of the molecule is CC(c1ccc(NC(=O)O)nc1)N1CCC[C@H](O)C1. The van der Waals surface area contributed by atoms with Gasteiger partial charge in [-0.15, -0.1) is 0 Å². The number of nitrogens with zero attached hydrogens (tertiary/aromatic N) is 2. The maximum atomic E-state index is 10.5. The van der Waals surface area contributed by atoms with Crippen LogP contribution in [0.1, 0.15) is 31.4 Å². The smallest absolute Gasteiger partial charge is 0.410 e. The summed E-state index contributed by atoms with van der Waals surface area (Å²) in [5.41, 5.74) is 1.02. The van der Waals surface area contributed by atoms with E-state index in [1.54, 1.807) is 12.3 Å². The molecule has 1 saturated heterocycles. The highest BCUT2D eigenvalue weighted by atomic mass is 16.4. The summed E-state index contributed by atoms with van der Waals surface area (Å²) in [4.78, 5) is 16.8. The average Bonchev–Trinajstić information content (AvgIpc) is 2.38. The molecular weight excluding hydrogens is 246 g/mol. The fourth-order valence-electron chi connectivity index (χ4n) is 2.38. The van der Waals surface area contributed by atoms with Gasteiger partial charge in [0.25, 0.3) is 0 Å². The Labute approximate surface area is 112 Å². The number of β-amino-alcohol motifs (C(OH)–C–C–N with tert-alkyl or cyclic N) is 1. The molecule has 1 aliphatic heterocycles. The number of nitrogens with one attached hydrogen (secondary N) is 1. The Morgan fingerprint density at radius 3 is 2.95 bits per heavy atom. The Morgan fingerprint density at radius 1 is 1.58 bits per heavy atom. The van der Waals surface area contributed by atoms with E-state index in [2.05, 4.69) is 22.1 Å². The second kappa shape index (κ2) is 5.99. The molecule has 6 nitrogen and oxygen atoms in total. The van der Waals surface area contributed by atoms with Gasteiger partial charge in [-0.05, 0) is 37.9 Å². The summed E-state index contributed by atoms with van der Waals surface area (Å²) in [5, 5.41) is 20.5. The van der Waals surface area contributed by atoms with Gasteiger partial charge in [0.2, 0.25) is 0 Å². The van der Waals surface area contributed by atoms with Crippen LogP contribution in [0.5, 0.6) is 0 Å². The zero-order chi connectivity index (χ0) is 13.8. The first-order chi connectivity index (χ1) is 9.06. The summed E-state index contributed by atoms with van der Waals surface area (Å²) in [5.74, 6) is 0.321. The minimum absolute atomic E-state index is 0.168. The molecule has 0 spiro atoms. The Morgan fingerprint density at radius 2 is 2.37 bits per heavy atom. The summed E-state index contributed by atoms with van der Waals surface area (Å²) in [6, 6.07) is 3.69. The van der Waals surface area contributed by atoms with Crippen molar-refractivity contribution in [2.24, 2.45) is 0 Å². The third-order valence-electron chi connectivity index (χ3n) is 3.48. The molecular formula is C13H19N3O3. The molecule has 0 radical (unpaired) electrons. The molecule has 1 aromatic rings. The van der Waals surface area contributed by atoms with Gasteiger partial charge in [0, 0.05) is 18.8 Å². The van der Waals surface area contributed by atoms with Crippen molar-refractivity contribution in [3.05, 3.63) is 23.9 Å². The zero-order valence-electron chi connectivity index (χ0n) is 10.9. The van der Waals surface area contributed by atoms with Crippen molar-refractivity contribution >= 4 is 11.9 Å². The lowest BCUT2D eigenvalue weighted by Crippen LogP contribution is -2.39. The van der Waals surface area contributed by atoms with Crippen LogP contribution in [0.4, 0.5) is 10.6 Å². The number of rotatable bonds is 3. The van der Waals surface area contributed by atoms with Crippen LogP contribution in [0, 0.1) is 0 Å². The first-order valence-electron chi connectivity index (χ1n) is 6.44. The quantitative estimate of drug-likeness (QED) is 0.774. The number of hydrogen-bond acceptors (Lipinski definition) is 4. The molecule has 3 N–H and O–H groups in total. The van der Waals surface area contributed by atoms with Crippen LogP contribution in [0.15, 0.2) is 18.3 Å². The third kappa shape index (κ3) is 3.65. The van der Waals surface area contributed by atoms with Gasteiger partial charge in [0.1, 0.15) is 5.82 Å². The number of aliphatic hydroxyl groups excluding tert-OH is 1. The van der Waals surface area contributed by atoms with Crippen molar-refractivity contribution < 1.29 is 15.0 Å². The van der Waals surface area contributed by atoms with Crippen molar-refractivity contribution in [1.82, 2.24) is 9.88 Å². The summed E-state index contributed by atoms with van der Waals surface area (Å²) in [7, 11) is 0. The zero-order valence-corrected chi connectivity index (χ0v) is 10.9. The second-order valence-electron chi connectivity index (χ2n) is 4.87. The van der Waals surface area contributed by atoms with Crippen LogP contribution in [-0.4, -0.2) is 45.4 Å². The molecule has 2 atom stereocenters. The van der Waals surface area contributed by atoms with E-state index in [0.717, 1.165) is 24.9 Å². The van der Waals surface area contributed by atoms with Crippen molar-refractivity contribution in [2.75, 3.05) is 18.4 Å². The highest BCUT2D eigenvalue weighted by molar-refractivity contribution is 5.81. The molecule has 2 rings (SSSR count). The number of aliphatic hydroxyl groups is 1. The molecule has 0 aliphatic carbocycles. The molecule has 1 aliphatic rings. The topological polar surface area (TPSA) is 85.7 Å². The molecule has 1 aromatic heterocycles. The molecule has 2 heterocycles. The molecule has 0 bridgehead atoms. The van der Waals surface area contributed by atoms with Crippen LogP contribution in [0.3, 0.4) is 0 Å². The van der Waals surface area contributed by atoms with Crippen LogP contribution in [0.25, 0.3) is 0 Å². The lowest BCUT2D eigenvalue weighted by molar-refractivity contribution is 0.0503. The van der Waals surface area contributed by atoms with Gasteiger partial charge >= 0.3 is 6.09 Å². The summed E-state index contributed by atoms with van der Waals surface area (Å²) in [6.07, 6.45) is 2.17. The molecule has 6 heteroatoms. The van der Waals surface area contributed by atoms with E-state index in [0.29, 0.717) is 12.4 Å². The number of anilines is 1. The minimum atomic E-state index is -1.12. The van der Waals surface area contributed by atoms with Crippen molar-refractivity contribution in [3.63, 3.8) is 0 Å². The van der Waals surface area contributed by atoms with E-state index in [-0.39, 0.29) is 12.1 Å². The Bertz CT molecular complexity index is 435. The Hall–Kier alpha value is -1.66. The number of pyridine rings is 1. The first kappa shape index (κ1) is 13.8.